The van der Waals surface area contributed by atoms with Crippen LogP contribution in [0.25, 0.3) is 0 Å². The van der Waals surface area contributed by atoms with E-state index in [0.29, 0.717) is 25.2 Å². The maximum absolute atomic E-state index is 10.4. The molecule has 0 amide bonds. The second kappa shape index (κ2) is 7.47. The van der Waals surface area contributed by atoms with E-state index in [9.17, 15) is 5.11 Å². The molecule has 1 aromatic carbocycles. The Morgan fingerprint density at radius 3 is 2.88 bits per heavy atom. The monoisotopic (exact) mass is 338 g/mol. The van der Waals surface area contributed by atoms with Gasteiger partial charge >= 0.3 is 0 Å². The predicted octanol–water partition coefficient (Wildman–Crippen LogP) is 0.922. The third-order valence-corrected chi connectivity index (χ3v) is 4.23. The number of aryl methyl sites for hydroxylation is 1. The highest BCUT2D eigenvalue weighted by atomic mass is 16.3. The van der Waals surface area contributed by atoms with Crippen molar-refractivity contribution in [3.05, 3.63) is 47.2 Å². The minimum Gasteiger partial charge on any atom is -0.390 e. The highest BCUT2D eigenvalue weighted by molar-refractivity contribution is 5.43. The quantitative estimate of drug-likeness (QED) is 0.858. The van der Waals surface area contributed by atoms with E-state index in [1.54, 1.807) is 6.07 Å². The number of hydrogen-bond donors (Lipinski definition) is 2. The lowest BCUT2D eigenvalue weighted by Gasteiger charge is -2.23. The molecule has 1 saturated heterocycles. The first kappa shape index (κ1) is 17.1. The molecule has 3 rings (SSSR count). The van der Waals surface area contributed by atoms with E-state index >= 15 is 0 Å². The zero-order valence-corrected chi connectivity index (χ0v) is 14.3. The summed E-state index contributed by atoms with van der Waals surface area (Å²) in [6.07, 6.45) is -0.488. The molecule has 7 nitrogen and oxygen atoms in total. The molecular weight excluding hydrogens is 316 g/mol. The maximum atomic E-state index is 10.4. The largest absolute Gasteiger partial charge is 0.390 e. The van der Waals surface area contributed by atoms with Gasteiger partial charge in [-0.2, -0.15) is 10.2 Å². The van der Waals surface area contributed by atoms with Gasteiger partial charge in [-0.1, -0.05) is 12.1 Å². The van der Waals surface area contributed by atoms with E-state index in [0.717, 1.165) is 30.2 Å². The number of aliphatic hydroxyl groups is 1. The molecule has 0 spiro atoms. The number of nitrogen functional groups attached to an aromatic ring is 1. The molecule has 1 atom stereocenters. The number of β-amino-alcohol motifs (C(OH)–C–C–N with tert-alkyl or cyclic N) is 1. The van der Waals surface area contributed by atoms with Gasteiger partial charge in [0.15, 0.2) is 0 Å². The van der Waals surface area contributed by atoms with Crippen LogP contribution in [0.4, 0.5) is 11.8 Å². The third kappa shape index (κ3) is 4.44. The van der Waals surface area contributed by atoms with E-state index in [1.165, 1.54) is 0 Å². The van der Waals surface area contributed by atoms with Crippen molar-refractivity contribution in [1.29, 1.82) is 5.26 Å². The van der Waals surface area contributed by atoms with Crippen molar-refractivity contribution in [3.8, 4) is 6.07 Å². The highest BCUT2D eigenvalue weighted by Crippen LogP contribution is 2.17. The zero-order chi connectivity index (χ0) is 17.8. The molecule has 1 fully saturated rings. The fourth-order valence-corrected chi connectivity index (χ4v) is 3.14. The van der Waals surface area contributed by atoms with Crippen molar-refractivity contribution >= 4 is 11.8 Å². The lowest BCUT2D eigenvalue weighted by Crippen LogP contribution is -2.33. The second-order valence-corrected chi connectivity index (χ2v) is 6.37. The van der Waals surface area contributed by atoms with E-state index in [4.69, 9.17) is 11.0 Å². The summed E-state index contributed by atoms with van der Waals surface area (Å²) in [5, 5.41) is 19.4. The Balaban J connectivity index is 1.71. The topological polar surface area (TPSA) is 102 Å². The van der Waals surface area contributed by atoms with Crippen LogP contribution >= 0.6 is 0 Å². The number of nitrogens with zero attached hydrogens (tertiary/aromatic N) is 5. The number of hydrogen-bond acceptors (Lipinski definition) is 7. The number of aliphatic hydroxyl groups excluding tert-OH is 1. The smallest absolute Gasteiger partial charge is 0.222 e. The molecule has 0 radical (unpaired) electrons. The van der Waals surface area contributed by atoms with Crippen LogP contribution in [-0.4, -0.2) is 52.3 Å². The van der Waals surface area contributed by atoms with Crippen LogP contribution < -0.4 is 10.6 Å². The molecule has 1 aliphatic rings. The Hall–Kier alpha value is -2.69. The minimum atomic E-state index is -0.488. The number of aromatic nitrogens is 2. The summed E-state index contributed by atoms with van der Waals surface area (Å²) in [6, 6.07) is 11.6. The maximum Gasteiger partial charge on any atom is 0.222 e. The van der Waals surface area contributed by atoms with Crippen molar-refractivity contribution in [2.75, 3.05) is 36.8 Å². The zero-order valence-electron chi connectivity index (χ0n) is 14.3. The minimum absolute atomic E-state index is 0.249. The number of anilines is 2. The highest BCUT2D eigenvalue weighted by Gasteiger charge is 2.22. The van der Waals surface area contributed by atoms with E-state index in [1.807, 2.05) is 36.1 Å². The number of benzene rings is 1. The van der Waals surface area contributed by atoms with Crippen LogP contribution in [0.2, 0.25) is 0 Å². The Labute approximate surface area is 147 Å². The fourth-order valence-electron chi connectivity index (χ4n) is 3.14. The summed E-state index contributed by atoms with van der Waals surface area (Å²) >= 11 is 0. The summed E-state index contributed by atoms with van der Waals surface area (Å²) in [5.74, 6) is 0.997. The average Bonchev–Trinajstić information content (AvgIpc) is 2.75. The van der Waals surface area contributed by atoms with Gasteiger partial charge < -0.3 is 15.7 Å². The molecule has 1 aliphatic heterocycles. The first-order chi connectivity index (χ1) is 12.0. The van der Waals surface area contributed by atoms with Gasteiger partial charge in [-0.15, -0.1) is 0 Å². The second-order valence-electron chi connectivity index (χ2n) is 6.37. The van der Waals surface area contributed by atoms with Crippen LogP contribution in [0.15, 0.2) is 30.3 Å². The molecule has 130 valence electrons. The Morgan fingerprint density at radius 1 is 1.28 bits per heavy atom. The van der Waals surface area contributed by atoms with Crippen LogP contribution in [0.1, 0.15) is 16.8 Å². The van der Waals surface area contributed by atoms with Gasteiger partial charge in [-0.3, -0.25) is 4.90 Å². The molecular formula is C18H22N6O. The summed E-state index contributed by atoms with van der Waals surface area (Å²) in [4.78, 5) is 12.6. The molecule has 25 heavy (non-hydrogen) atoms. The first-order valence-electron chi connectivity index (χ1n) is 8.29. The van der Waals surface area contributed by atoms with Gasteiger partial charge in [0.1, 0.15) is 5.82 Å². The lowest BCUT2D eigenvalue weighted by atomic mass is 10.1. The lowest BCUT2D eigenvalue weighted by molar-refractivity contribution is 0.129. The van der Waals surface area contributed by atoms with Crippen molar-refractivity contribution in [3.63, 3.8) is 0 Å². The van der Waals surface area contributed by atoms with Gasteiger partial charge in [0, 0.05) is 44.5 Å². The van der Waals surface area contributed by atoms with Crippen LogP contribution in [0, 0.1) is 18.3 Å². The van der Waals surface area contributed by atoms with Gasteiger partial charge in [0.05, 0.1) is 17.7 Å². The van der Waals surface area contributed by atoms with Gasteiger partial charge in [-0.25, -0.2) is 4.98 Å². The molecule has 0 saturated carbocycles. The normalized spacial score (nSPS) is 18.6. The molecule has 2 aromatic rings. The fraction of sp³-hybridized carbons (Fsp3) is 0.389. The summed E-state index contributed by atoms with van der Waals surface area (Å²) in [5.41, 5.74) is 8.29. The summed E-state index contributed by atoms with van der Waals surface area (Å²) in [7, 11) is 0. The molecule has 0 unspecified atom stereocenters. The van der Waals surface area contributed by atoms with E-state index < -0.39 is 6.10 Å². The van der Waals surface area contributed by atoms with Crippen LogP contribution in [0.5, 0.6) is 0 Å². The van der Waals surface area contributed by atoms with Gasteiger partial charge in [-0.05, 0) is 24.6 Å². The van der Waals surface area contributed by atoms with Crippen molar-refractivity contribution < 1.29 is 5.11 Å². The first-order valence-corrected chi connectivity index (χ1v) is 8.29. The van der Waals surface area contributed by atoms with Gasteiger partial charge in [0.2, 0.25) is 5.95 Å². The van der Waals surface area contributed by atoms with Gasteiger partial charge in [0.25, 0.3) is 0 Å². The Kier molecular flexibility index (Phi) is 5.12. The Bertz CT molecular complexity index is 767. The number of rotatable bonds is 3. The SMILES string of the molecule is Cc1cc(N2CCN(Cc3cccc(C#N)c3)C[C@@H](O)C2)nc(N)n1. The molecule has 2 heterocycles. The number of nitrogens with two attached hydrogens (primary N) is 1. The third-order valence-electron chi connectivity index (χ3n) is 4.23. The molecule has 1 aromatic heterocycles. The van der Waals surface area contributed by atoms with Crippen molar-refractivity contribution in [1.82, 2.24) is 14.9 Å². The standard InChI is InChI=1S/C18H22N6O/c1-13-7-17(22-18(20)21-13)24-6-5-23(11-16(25)12-24)10-15-4-2-3-14(8-15)9-19/h2-4,7-8,16,25H,5-6,10-12H2,1H3,(H2,20,21,22)/t16-/m1/s1. The molecule has 3 N–H and O–H groups in total. The molecule has 0 bridgehead atoms. The van der Waals surface area contributed by atoms with E-state index in [2.05, 4.69) is 20.9 Å². The molecule has 7 heteroatoms. The van der Waals surface area contributed by atoms with E-state index in [-0.39, 0.29) is 5.95 Å². The van der Waals surface area contributed by atoms with Crippen LogP contribution in [-0.2, 0) is 6.54 Å². The van der Waals surface area contributed by atoms with Crippen molar-refractivity contribution in [2.24, 2.45) is 0 Å². The number of nitriles is 1. The van der Waals surface area contributed by atoms with Crippen LogP contribution in [0.3, 0.4) is 0 Å². The average molecular weight is 338 g/mol. The summed E-state index contributed by atoms with van der Waals surface area (Å²) in [6.45, 7) is 5.19. The summed E-state index contributed by atoms with van der Waals surface area (Å²) < 4.78 is 0. The molecule has 0 aliphatic carbocycles. The van der Waals surface area contributed by atoms with Crippen molar-refractivity contribution in [2.45, 2.75) is 19.6 Å². The predicted molar refractivity (Wildman–Crippen MR) is 95.8 cm³/mol. The Morgan fingerprint density at radius 2 is 2.12 bits per heavy atom.